The van der Waals surface area contributed by atoms with Gasteiger partial charge < -0.3 is 4.74 Å². The molecular weight excluding hydrogens is 502 g/mol. The van der Waals surface area contributed by atoms with Gasteiger partial charge in [0.05, 0.1) is 26.2 Å². The average molecular weight is 522 g/mol. The zero-order valence-corrected chi connectivity index (χ0v) is 21.0. The number of nitrogens with zero attached hydrogens (tertiary/aromatic N) is 3. The summed E-state index contributed by atoms with van der Waals surface area (Å²) in [6.07, 6.45) is 4.56. The highest BCUT2D eigenvalue weighted by molar-refractivity contribution is 7.90. The van der Waals surface area contributed by atoms with E-state index in [4.69, 9.17) is 21.4 Å². The van der Waals surface area contributed by atoms with E-state index in [9.17, 15) is 8.42 Å². The van der Waals surface area contributed by atoms with E-state index >= 15 is 0 Å². The van der Waals surface area contributed by atoms with Gasteiger partial charge in [-0.2, -0.15) is 5.10 Å². The first-order valence-corrected chi connectivity index (χ1v) is 13.7. The van der Waals surface area contributed by atoms with E-state index < -0.39 is 9.84 Å². The molecule has 176 valence electrons. The molecule has 35 heavy (non-hydrogen) atoms. The number of aromatic nitrogens is 3. The van der Waals surface area contributed by atoms with Crippen molar-refractivity contribution in [3.63, 3.8) is 0 Å². The Kier molecular flexibility index (Phi) is 6.42. The van der Waals surface area contributed by atoms with E-state index in [1.807, 2.05) is 53.2 Å². The molecule has 9 heteroatoms. The molecule has 0 fully saturated rings. The van der Waals surface area contributed by atoms with Gasteiger partial charge in [0.25, 0.3) is 0 Å². The van der Waals surface area contributed by atoms with Gasteiger partial charge in [-0.05, 0) is 60.2 Å². The fourth-order valence-electron chi connectivity index (χ4n) is 3.59. The van der Waals surface area contributed by atoms with Crippen molar-refractivity contribution in [1.82, 2.24) is 14.8 Å². The molecular formula is C26H20ClN3O3S2. The van der Waals surface area contributed by atoms with E-state index in [2.05, 4.69) is 4.98 Å². The maximum atomic E-state index is 12.0. The van der Waals surface area contributed by atoms with E-state index in [0.29, 0.717) is 15.7 Å². The van der Waals surface area contributed by atoms with Crippen LogP contribution in [0.15, 0.2) is 96.2 Å². The van der Waals surface area contributed by atoms with E-state index in [0.717, 1.165) is 32.4 Å². The summed E-state index contributed by atoms with van der Waals surface area (Å²) in [5.74, 6) is 0.706. The lowest BCUT2D eigenvalue weighted by molar-refractivity contribution is 0.300. The van der Waals surface area contributed by atoms with Crippen LogP contribution in [0.25, 0.3) is 26.7 Å². The monoisotopic (exact) mass is 521 g/mol. The number of para-hydroxylation sites is 1. The van der Waals surface area contributed by atoms with Gasteiger partial charge in [-0.1, -0.05) is 35.9 Å². The number of rotatable bonds is 7. The molecule has 3 aromatic heterocycles. The SMILES string of the molecule is CS(=O)(=O)c1cccc(-c2ccc(-c3cc(COc4ccncc4)nn3-c3ccccc3Cl)s2)c1. The van der Waals surface area contributed by atoms with Crippen LogP contribution in [0.3, 0.4) is 0 Å². The summed E-state index contributed by atoms with van der Waals surface area (Å²) in [5, 5.41) is 5.36. The number of pyridine rings is 1. The molecule has 0 saturated carbocycles. The summed E-state index contributed by atoms with van der Waals surface area (Å²) in [6.45, 7) is 0.281. The Morgan fingerprint density at radius 2 is 1.71 bits per heavy atom. The zero-order valence-electron chi connectivity index (χ0n) is 18.6. The number of ether oxygens (including phenoxy) is 1. The van der Waals surface area contributed by atoms with Crippen LogP contribution >= 0.6 is 22.9 Å². The van der Waals surface area contributed by atoms with Gasteiger partial charge in [0.15, 0.2) is 9.84 Å². The smallest absolute Gasteiger partial charge is 0.175 e. The Hall–Kier alpha value is -3.46. The maximum absolute atomic E-state index is 12.0. The molecule has 0 atom stereocenters. The van der Waals surface area contributed by atoms with Crippen LogP contribution < -0.4 is 4.74 Å². The minimum atomic E-state index is -3.29. The Balaban J connectivity index is 1.53. The van der Waals surface area contributed by atoms with Crippen LogP contribution in [0, 0.1) is 0 Å². The summed E-state index contributed by atoms with van der Waals surface area (Å²) in [7, 11) is -3.29. The fraction of sp³-hybridized carbons (Fsp3) is 0.0769. The summed E-state index contributed by atoms with van der Waals surface area (Å²) in [5.41, 5.74) is 3.20. The summed E-state index contributed by atoms with van der Waals surface area (Å²) < 4.78 is 31.7. The van der Waals surface area contributed by atoms with Crippen molar-refractivity contribution in [2.75, 3.05) is 6.26 Å². The van der Waals surface area contributed by atoms with Crippen LogP contribution in [0.2, 0.25) is 5.02 Å². The van der Waals surface area contributed by atoms with Crippen LogP contribution in [-0.4, -0.2) is 29.4 Å². The number of halogens is 1. The van der Waals surface area contributed by atoms with Gasteiger partial charge in [-0.3, -0.25) is 4.98 Å². The van der Waals surface area contributed by atoms with E-state index in [1.165, 1.54) is 6.26 Å². The first-order valence-electron chi connectivity index (χ1n) is 10.7. The van der Waals surface area contributed by atoms with E-state index in [-0.39, 0.29) is 6.61 Å². The Morgan fingerprint density at radius 1 is 0.943 bits per heavy atom. The topological polar surface area (TPSA) is 74.1 Å². The van der Waals surface area contributed by atoms with Crippen molar-refractivity contribution in [3.05, 3.63) is 102 Å². The van der Waals surface area contributed by atoms with Gasteiger partial charge in [-0.25, -0.2) is 13.1 Å². The maximum Gasteiger partial charge on any atom is 0.175 e. The van der Waals surface area contributed by atoms with Crippen molar-refractivity contribution in [3.8, 4) is 32.4 Å². The molecule has 3 heterocycles. The summed E-state index contributed by atoms with van der Waals surface area (Å²) in [6, 6.07) is 24.1. The molecule has 0 amide bonds. The van der Waals surface area contributed by atoms with Crippen molar-refractivity contribution in [2.45, 2.75) is 11.5 Å². The second-order valence-corrected chi connectivity index (χ2v) is 11.3. The molecule has 0 unspecified atom stereocenters. The first-order chi connectivity index (χ1) is 16.9. The molecule has 0 aliphatic carbocycles. The third-order valence-corrected chi connectivity index (χ3v) is 7.87. The number of sulfone groups is 1. The first kappa shape index (κ1) is 23.3. The molecule has 6 nitrogen and oxygen atoms in total. The van der Waals surface area contributed by atoms with Crippen LogP contribution in [-0.2, 0) is 16.4 Å². The molecule has 0 spiro atoms. The molecule has 0 aliphatic heterocycles. The number of hydrogen-bond acceptors (Lipinski definition) is 6. The van der Waals surface area contributed by atoms with Gasteiger partial charge in [0.2, 0.25) is 0 Å². The standard InChI is InChI=1S/C26H20ClN3O3S2/c1-35(31,32)21-6-4-5-18(15-21)25-9-10-26(34-25)24-16-19(17-33-20-11-13-28-14-12-20)29-30(24)23-8-3-2-7-22(23)27/h2-16H,17H2,1H3. The van der Waals surface area contributed by atoms with Gasteiger partial charge in [-0.15, -0.1) is 11.3 Å². The predicted molar refractivity (Wildman–Crippen MR) is 139 cm³/mol. The Morgan fingerprint density at radius 3 is 2.49 bits per heavy atom. The predicted octanol–water partition coefficient (Wildman–Crippen LogP) is 6.30. The highest BCUT2D eigenvalue weighted by Gasteiger charge is 2.17. The second kappa shape index (κ2) is 9.65. The highest BCUT2D eigenvalue weighted by Crippen LogP contribution is 2.37. The molecule has 0 bridgehead atoms. The lowest BCUT2D eigenvalue weighted by Gasteiger charge is -2.08. The minimum absolute atomic E-state index is 0.281. The normalized spacial score (nSPS) is 11.5. The fourth-order valence-corrected chi connectivity index (χ4v) is 5.47. The largest absolute Gasteiger partial charge is 0.487 e. The quantitative estimate of drug-likeness (QED) is 0.251. The number of hydrogen-bond donors (Lipinski definition) is 0. The molecule has 5 rings (SSSR count). The molecule has 0 N–H and O–H groups in total. The minimum Gasteiger partial charge on any atom is -0.487 e. The lowest BCUT2D eigenvalue weighted by atomic mass is 10.2. The molecule has 0 radical (unpaired) electrons. The lowest BCUT2D eigenvalue weighted by Crippen LogP contribution is -2.01. The molecule has 2 aromatic carbocycles. The van der Waals surface area contributed by atoms with Crippen molar-refractivity contribution in [2.24, 2.45) is 0 Å². The van der Waals surface area contributed by atoms with Gasteiger partial charge in [0, 0.05) is 23.5 Å². The summed E-state index contributed by atoms with van der Waals surface area (Å²) in [4.78, 5) is 6.22. The molecule has 0 saturated heterocycles. The zero-order chi connectivity index (χ0) is 24.4. The number of benzene rings is 2. The Labute approximate surface area is 212 Å². The second-order valence-electron chi connectivity index (χ2n) is 7.82. The van der Waals surface area contributed by atoms with Crippen LogP contribution in [0.5, 0.6) is 5.75 Å². The van der Waals surface area contributed by atoms with E-state index in [1.54, 1.807) is 54.1 Å². The molecule has 0 aliphatic rings. The average Bonchev–Trinajstić information content (AvgIpc) is 3.51. The molecule has 5 aromatic rings. The summed E-state index contributed by atoms with van der Waals surface area (Å²) >= 11 is 8.06. The third kappa shape index (κ3) is 5.14. The number of thiophene rings is 1. The third-order valence-electron chi connectivity index (χ3n) is 5.28. The van der Waals surface area contributed by atoms with Crippen molar-refractivity contribution < 1.29 is 13.2 Å². The highest BCUT2D eigenvalue weighted by atomic mass is 35.5. The van der Waals surface area contributed by atoms with Crippen LogP contribution in [0.4, 0.5) is 0 Å². The van der Waals surface area contributed by atoms with Gasteiger partial charge in [0.1, 0.15) is 18.1 Å². The Bertz CT molecular complexity index is 1600. The van der Waals surface area contributed by atoms with Gasteiger partial charge >= 0.3 is 0 Å². The van der Waals surface area contributed by atoms with Crippen molar-refractivity contribution in [1.29, 1.82) is 0 Å². The van der Waals surface area contributed by atoms with Crippen molar-refractivity contribution >= 4 is 32.8 Å². The van der Waals surface area contributed by atoms with Crippen LogP contribution in [0.1, 0.15) is 5.69 Å².